The van der Waals surface area contributed by atoms with Crippen molar-refractivity contribution >= 4 is 40.9 Å². The molecule has 2 rings (SSSR count). The maximum Gasteiger partial charge on any atom is 0.266 e. The number of nitrogens with one attached hydrogen (secondary N) is 1. The molecule has 0 aromatic heterocycles. The second-order valence-corrected chi connectivity index (χ2v) is 5.37. The SMILES string of the molecule is COc1ccc(/C=C(\C#N)C(=O)Nc2cccc(Cl)c2)cc1Cl. The van der Waals surface area contributed by atoms with E-state index in [2.05, 4.69) is 5.32 Å². The van der Waals surface area contributed by atoms with E-state index in [1.807, 2.05) is 6.07 Å². The molecular formula is C17H12Cl2N2O2. The minimum atomic E-state index is -0.526. The molecule has 0 unspecified atom stereocenters. The van der Waals surface area contributed by atoms with Gasteiger partial charge in [0, 0.05) is 10.7 Å². The number of nitrogens with zero attached hydrogens (tertiary/aromatic N) is 1. The van der Waals surface area contributed by atoms with Crippen molar-refractivity contribution < 1.29 is 9.53 Å². The van der Waals surface area contributed by atoms with E-state index >= 15 is 0 Å². The highest BCUT2D eigenvalue weighted by atomic mass is 35.5. The van der Waals surface area contributed by atoms with Crippen LogP contribution in [0.4, 0.5) is 5.69 Å². The summed E-state index contributed by atoms with van der Waals surface area (Å²) in [7, 11) is 1.51. The second kappa shape index (κ2) is 7.68. The van der Waals surface area contributed by atoms with Crippen LogP contribution in [0.3, 0.4) is 0 Å². The van der Waals surface area contributed by atoms with Gasteiger partial charge in [-0.1, -0.05) is 35.3 Å². The molecule has 1 N–H and O–H groups in total. The highest BCUT2D eigenvalue weighted by molar-refractivity contribution is 6.32. The van der Waals surface area contributed by atoms with Gasteiger partial charge in [0.2, 0.25) is 0 Å². The number of benzene rings is 2. The smallest absolute Gasteiger partial charge is 0.266 e. The zero-order valence-electron chi connectivity index (χ0n) is 12.1. The highest BCUT2D eigenvalue weighted by Crippen LogP contribution is 2.26. The lowest BCUT2D eigenvalue weighted by molar-refractivity contribution is -0.112. The number of hydrogen-bond donors (Lipinski definition) is 1. The van der Waals surface area contributed by atoms with Gasteiger partial charge in [0.05, 0.1) is 12.1 Å². The van der Waals surface area contributed by atoms with Gasteiger partial charge in [-0.05, 0) is 42.0 Å². The zero-order chi connectivity index (χ0) is 16.8. The van der Waals surface area contributed by atoms with Crippen LogP contribution in [0.1, 0.15) is 5.56 Å². The van der Waals surface area contributed by atoms with Crippen molar-refractivity contribution in [2.45, 2.75) is 0 Å². The summed E-state index contributed by atoms with van der Waals surface area (Å²) in [6.07, 6.45) is 1.45. The number of carbonyl (C=O) groups excluding carboxylic acids is 1. The Morgan fingerprint density at radius 2 is 2.04 bits per heavy atom. The molecule has 2 aromatic rings. The predicted molar refractivity (Wildman–Crippen MR) is 91.7 cm³/mol. The van der Waals surface area contributed by atoms with Gasteiger partial charge in [-0.25, -0.2) is 0 Å². The van der Waals surface area contributed by atoms with Crippen LogP contribution in [-0.2, 0) is 4.79 Å². The van der Waals surface area contributed by atoms with Gasteiger partial charge in [-0.2, -0.15) is 5.26 Å². The van der Waals surface area contributed by atoms with Crippen molar-refractivity contribution in [3.63, 3.8) is 0 Å². The molecule has 6 heteroatoms. The van der Waals surface area contributed by atoms with Crippen molar-refractivity contribution in [1.82, 2.24) is 0 Å². The lowest BCUT2D eigenvalue weighted by Gasteiger charge is -2.06. The van der Waals surface area contributed by atoms with E-state index in [-0.39, 0.29) is 5.57 Å². The van der Waals surface area contributed by atoms with Gasteiger partial charge in [0.15, 0.2) is 0 Å². The third-order valence-electron chi connectivity index (χ3n) is 2.93. The number of halogens is 2. The molecule has 116 valence electrons. The topological polar surface area (TPSA) is 62.1 Å². The first kappa shape index (κ1) is 16.9. The molecule has 0 heterocycles. The van der Waals surface area contributed by atoms with Crippen LogP contribution in [0.15, 0.2) is 48.0 Å². The summed E-state index contributed by atoms with van der Waals surface area (Å²) in [5, 5.41) is 12.7. The molecule has 0 aliphatic rings. The molecule has 4 nitrogen and oxygen atoms in total. The van der Waals surface area contributed by atoms with Crippen LogP contribution in [0.2, 0.25) is 10.0 Å². The maximum atomic E-state index is 12.2. The Labute approximate surface area is 143 Å². The van der Waals surface area contributed by atoms with E-state index in [1.54, 1.807) is 42.5 Å². The van der Waals surface area contributed by atoms with E-state index in [9.17, 15) is 10.1 Å². The van der Waals surface area contributed by atoms with E-state index in [0.717, 1.165) is 0 Å². The van der Waals surface area contributed by atoms with Crippen LogP contribution in [0.25, 0.3) is 6.08 Å². The van der Waals surface area contributed by atoms with Crippen LogP contribution < -0.4 is 10.1 Å². The number of hydrogen-bond acceptors (Lipinski definition) is 3. The fourth-order valence-electron chi connectivity index (χ4n) is 1.85. The summed E-state index contributed by atoms with van der Waals surface area (Å²) in [6, 6.07) is 13.5. The molecule has 0 atom stereocenters. The molecule has 0 bridgehead atoms. The molecule has 0 radical (unpaired) electrons. The van der Waals surface area contributed by atoms with E-state index < -0.39 is 5.91 Å². The van der Waals surface area contributed by atoms with E-state index in [4.69, 9.17) is 27.9 Å². The highest BCUT2D eigenvalue weighted by Gasteiger charge is 2.10. The minimum Gasteiger partial charge on any atom is -0.495 e. The Morgan fingerprint density at radius 1 is 1.26 bits per heavy atom. The Balaban J connectivity index is 2.23. The lowest BCUT2D eigenvalue weighted by Crippen LogP contribution is -2.13. The van der Waals surface area contributed by atoms with Gasteiger partial charge in [-0.3, -0.25) is 4.79 Å². The normalized spacial score (nSPS) is 10.8. The Morgan fingerprint density at radius 3 is 2.65 bits per heavy atom. The third-order valence-corrected chi connectivity index (χ3v) is 3.46. The summed E-state index contributed by atoms with van der Waals surface area (Å²) >= 11 is 11.9. The first-order valence-electron chi connectivity index (χ1n) is 6.55. The van der Waals surface area contributed by atoms with Crippen molar-refractivity contribution in [2.24, 2.45) is 0 Å². The fraction of sp³-hybridized carbons (Fsp3) is 0.0588. The number of anilines is 1. The van der Waals surface area contributed by atoms with Gasteiger partial charge >= 0.3 is 0 Å². The lowest BCUT2D eigenvalue weighted by atomic mass is 10.1. The summed E-state index contributed by atoms with van der Waals surface area (Å²) in [4.78, 5) is 12.2. The quantitative estimate of drug-likeness (QED) is 0.652. The summed E-state index contributed by atoms with van der Waals surface area (Å²) in [5.74, 6) is -0.00703. The Hall–Kier alpha value is -2.48. The number of rotatable bonds is 4. The third kappa shape index (κ3) is 4.49. The average molecular weight is 347 g/mol. The number of nitriles is 1. The summed E-state index contributed by atoms with van der Waals surface area (Å²) in [6.45, 7) is 0. The standard InChI is InChI=1S/C17H12Cl2N2O2/c1-23-16-6-5-11(8-15(16)19)7-12(10-20)17(22)21-14-4-2-3-13(18)9-14/h2-9H,1H3,(H,21,22)/b12-7+. The fourth-order valence-corrected chi connectivity index (χ4v) is 2.31. The predicted octanol–water partition coefficient (Wildman–Crippen LogP) is 4.55. The summed E-state index contributed by atoms with van der Waals surface area (Å²) in [5.41, 5.74) is 1.08. The number of methoxy groups -OCH3 is 1. The molecule has 0 saturated heterocycles. The largest absolute Gasteiger partial charge is 0.495 e. The first-order chi connectivity index (χ1) is 11.0. The van der Waals surface area contributed by atoms with Crippen LogP contribution in [-0.4, -0.2) is 13.0 Å². The van der Waals surface area contributed by atoms with Crippen molar-refractivity contribution in [1.29, 1.82) is 5.26 Å². The molecular weight excluding hydrogens is 335 g/mol. The molecule has 2 aromatic carbocycles. The van der Waals surface area contributed by atoms with Gasteiger partial charge in [0.25, 0.3) is 5.91 Å². The van der Waals surface area contributed by atoms with Crippen LogP contribution in [0, 0.1) is 11.3 Å². The number of carbonyl (C=O) groups is 1. The van der Waals surface area contributed by atoms with Gasteiger partial charge in [-0.15, -0.1) is 0 Å². The van der Waals surface area contributed by atoms with E-state index in [0.29, 0.717) is 27.0 Å². The number of ether oxygens (including phenoxy) is 1. The molecule has 1 amide bonds. The number of amides is 1. The van der Waals surface area contributed by atoms with Crippen molar-refractivity contribution in [3.8, 4) is 11.8 Å². The molecule has 0 fully saturated rings. The summed E-state index contributed by atoms with van der Waals surface area (Å²) < 4.78 is 5.06. The molecule has 23 heavy (non-hydrogen) atoms. The van der Waals surface area contributed by atoms with Crippen LogP contribution in [0.5, 0.6) is 5.75 Å². The minimum absolute atomic E-state index is 0.0498. The molecule has 0 spiro atoms. The monoisotopic (exact) mass is 346 g/mol. The van der Waals surface area contributed by atoms with Gasteiger partial charge < -0.3 is 10.1 Å². The van der Waals surface area contributed by atoms with Gasteiger partial charge in [0.1, 0.15) is 17.4 Å². The Bertz CT molecular complexity index is 810. The average Bonchev–Trinajstić information content (AvgIpc) is 2.52. The van der Waals surface area contributed by atoms with Crippen molar-refractivity contribution in [2.75, 3.05) is 12.4 Å². The maximum absolute atomic E-state index is 12.2. The van der Waals surface area contributed by atoms with Crippen molar-refractivity contribution in [3.05, 3.63) is 63.6 Å². The molecule has 0 aliphatic carbocycles. The molecule has 0 saturated carbocycles. The molecule has 0 aliphatic heterocycles. The first-order valence-corrected chi connectivity index (χ1v) is 7.31. The van der Waals surface area contributed by atoms with Crippen LogP contribution >= 0.6 is 23.2 Å². The Kier molecular flexibility index (Phi) is 5.64. The second-order valence-electron chi connectivity index (χ2n) is 4.53. The van der Waals surface area contributed by atoms with E-state index in [1.165, 1.54) is 13.2 Å². The zero-order valence-corrected chi connectivity index (χ0v) is 13.7.